The molecular weight excluding hydrogens is 438 g/mol. The van der Waals surface area contributed by atoms with Crippen LogP contribution in [-0.4, -0.2) is 40.2 Å². The van der Waals surface area contributed by atoms with Crippen LogP contribution in [-0.2, 0) is 16.1 Å². The van der Waals surface area contributed by atoms with Crippen LogP contribution < -0.4 is 16.0 Å². The fraction of sp³-hybridized carbons (Fsp3) is 0.333. The average Bonchev–Trinajstić information content (AvgIpc) is 2.76. The van der Waals surface area contributed by atoms with Gasteiger partial charge in [-0.05, 0) is 29.7 Å². The quantitative estimate of drug-likeness (QED) is 0.365. The molecule has 2 aromatic rings. The lowest BCUT2D eigenvalue weighted by Gasteiger charge is -2.22. The maximum absolute atomic E-state index is 12.6. The summed E-state index contributed by atoms with van der Waals surface area (Å²) in [5, 5.41) is 18.7. The molecule has 0 saturated carbocycles. The van der Waals surface area contributed by atoms with Crippen molar-refractivity contribution in [2.45, 2.75) is 32.9 Å². The first-order valence-corrected chi connectivity index (χ1v) is 10.2. The number of carbonyl (C=O) groups excluding carboxylic acids is 3. The molecule has 3 amide bonds. The number of halogens is 1. The molecule has 1 aromatic heterocycles. The van der Waals surface area contributed by atoms with Gasteiger partial charge in [-0.25, -0.2) is 0 Å². The molecule has 2 rings (SSSR count). The first-order chi connectivity index (χ1) is 15.2. The summed E-state index contributed by atoms with van der Waals surface area (Å²) in [6, 6.07) is 6.16. The molecule has 0 radical (unpaired) electrons. The highest BCUT2D eigenvalue weighted by atomic mass is 35.5. The molecule has 1 aromatic carbocycles. The number of carbonyl (C=O) groups is 3. The smallest absolute Gasteiger partial charge is 0.270 e. The highest BCUT2D eigenvalue weighted by molar-refractivity contribution is 6.34. The zero-order valence-electron chi connectivity index (χ0n) is 17.6. The highest BCUT2D eigenvalue weighted by Gasteiger charge is 2.26. The van der Waals surface area contributed by atoms with Crippen molar-refractivity contribution in [1.29, 1.82) is 0 Å². The molecule has 0 saturated heterocycles. The predicted octanol–water partition coefficient (Wildman–Crippen LogP) is 2.22. The fourth-order valence-corrected chi connectivity index (χ4v) is 3.02. The van der Waals surface area contributed by atoms with Crippen molar-refractivity contribution < 1.29 is 19.3 Å². The zero-order valence-corrected chi connectivity index (χ0v) is 18.4. The lowest BCUT2D eigenvalue weighted by Crippen LogP contribution is -2.50. The van der Waals surface area contributed by atoms with E-state index in [1.807, 2.05) is 0 Å². The van der Waals surface area contributed by atoms with Gasteiger partial charge in [-0.2, -0.15) is 0 Å². The van der Waals surface area contributed by atoms with E-state index in [-0.39, 0.29) is 41.1 Å². The minimum Gasteiger partial charge on any atom is -0.354 e. The van der Waals surface area contributed by atoms with Crippen LogP contribution in [0.5, 0.6) is 0 Å². The second kappa shape index (κ2) is 11.8. The number of nitrogens with one attached hydrogen (secondary N) is 3. The van der Waals surface area contributed by atoms with Crippen LogP contribution in [0, 0.1) is 16.0 Å². The van der Waals surface area contributed by atoms with E-state index in [9.17, 15) is 24.5 Å². The molecule has 0 aliphatic heterocycles. The van der Waals surface area contributed by atoms with Crippen molar-refractivity contribution in [3.63, 3.8) is 0 Å². The van der Waals surface area contributed by atoms with Gasteiger partial charge in [0.15, 0.2) is 0 Å². The number of hydrogen-bond acceptors (Lipinski definition) is 6. The normalized spacial score (nSPS) is 11.5. The van der Waals surface area contributed by atoms with Gasteiger partial charge in [0.05, 0.1) is 15.5 Å². The Morgan fingerprint density at radius 2 is 1.81 bits per heavy atom. The minimum atomic E-state index is -0.881. The molecule has 11 heteroatoms. The summed E-state index contributed by atoms with van der Waals surface area (Å²) in [5.41, 5.74) is 0.683. The van der Waals surface area contributed by atoms with Crippen LogP contribution in [0.2, 0.25) is 5.02 Å². The van der Waals surface area contributed by atoms with Gasteiger partial charge in [-0.3, -0.25) is 29.5 Å². The Balaban J connectivity index is 1.87. The van der Waals surface area contributed by atoms with E-state index in [0.717, 1.165) is 17.7 Å². The summed E-state index contributed by atoms with van der Waals surface area (Å²) in [6.07, 6.45) is 3.33. The molecule has 1 atom stereocenters. The number of non-ortho nitro benzene ring substituents is 1. The number of amides is 3. The van der Waals surface area contributed by atoms with Crippen molar-refractivity contribution in [3.8, 4) is 0 Å². The first kappa shape index (κ1) is 24.7. The van der Waals surface area contributed by atoms with Crippen molar-refractivity contribution >= 4 is 35.0 Å². The maximum atomic E-state index is 12.6. The first-order valence-electron chi connectivity index (χ1n) is 9.87. The van der Waals surface area contributed by atoms with E-state index in [2.05, 4.69) is 20.9 Å². The van der Waals surface area contributed by atoms with Crippen molar-refractivity contribution in [2.75, 3.05) is 6.54 Å². The monoisotopic (exact) mass is 461 g/mol. The van der Waals surface area contributed by atoms with E-state index in [0.29, 0.717) is 6.54 Å². The van der Waals surface area contributed by atoms with Crippen molar-refractivity contribution in [3.05, 3.63) is 69.0 Å². The van der Waals surface area contributed by atoms with Gasteiger partial charge in [0.1, 0.15) is 6.04 Å². The van der Waals surface area contributed by atoms with E-state index in [1.54, 1.807) is 38.4 Å². The largest absolute Gasteiger partial charge is 0.354 e. The van der Waals surface area contributed by atoms with Crippen LogP contribution in [0.1, 0.15) is 36.2 Å². The summed E-state index contributed by atoms with van der Waals surface area (Å²) >= 11 is 5.99. The Labute approximate surface area is 189 Å². The summed E-state index contributed by atoms with van der Waals surface area (Å²) < 4.78 is 0. The molecule has 0 bridgehead atoms. The number of aromatic nitrogens is 1. The van der Waals surface area contributed by atoms with Gasteiger partial charge >= 0.3 is 0 Å². The Morgan fingerprint density at radius 1 is 1.12 bits per heavy atom. The van der Waals surface area contributed by atoms with Gasteiger partial charge in [-0.1, -0.05) is 25.4 Å². The fourth-order valence-electron chi connectivity index (χ4n) is 2.75. The third kappa shape index (κ3) is 7.31. The Bertz CT molecular complexity index is 984. The van der Waals surface area contributed by atoms with Crippen molar-refractivity contribution in [1.82, 2.24) is 20.9 Å². The van der Waals surface area contributed by atoms with E-state index in [4.69, 9.17) is 11.6 Å². The molecule has 1 unspecified atom stereocenters. The second-order valence-electron chi connectivity index (χ2n) is 7.29. The number of nitro groups is 1. The number of hydrogen-bond donors (Lipinski definition) is 3. The molecule has 170 valence electrons. The number of nitrogens with zero attached hydrogens (tertiary/aromatic N) is 2. The summed E-state index contributed by atoms with van der Waals surface area (Å²) in [6.45, 7) is 3.96. The second-order valence-corrected chi connectivity index (χ2v) is 7.70. The van der Waals surface area contributed by atoms with Crippen LogP contribution in [0.15, 0.2) is 42.7 Å². The molecule has 0 aliphatic rings. The van der Waals surface area contributed by atoms with E-state index < -0.39 is 22.8 Å². The number of nitro benzene ring substituents is 1. The number of benzene rings is 1. The predicted molar refractivity (Wildman–Crippen MR) is 118 cm³/mol. The van der Waals surface area contributed by atoms with Gasteiger partial charge in [0, 0.05) is 44.0 Å². The summed E-state index contributed by atoms with van der Waals surface area (Å²) in [4.78, 5) is 51.2. The Hall–Kier alpha value is -3.53. The minimum absolute atomic E-state index is 0.0196. The summed E-state index contributed by atoms with van der Waals surface area (Å²) in [7, 11) is 0. The molecule has 10 nitrogen and oxygen atoms in total. The van der Waals surface area contributed by atoms with E-state index >= 15 is 0 Å². The number of rotatable bonds is 10. The topological polar surface area (TPSA) is 143 Å². The van der Waals surface area contributed by atoms with Crippen molar-refractivity contribution in [2.24, 2.45) is 5.92 Å². The maximum Gasteiger partial charge on any atom is 0.270 e. The van der Waals surface area contributed by atoms with Crippen LogP contribution in [0.25, 0.3) is 0 Å². The lowest BCUT2D eigenvalue weighted by atomic mass is 10.0. The molecule has 32 heavy (non-hydrogen) atoms. The molecule has 1 heterocycles. The van der Waals surface area contributed by atoms with Crippen LogP contribution in [0.4, 0.5) is 5.69 Å². The number of pyridine rings is 1. The van der Waals surface area contributed by atoms with Crippen LogP contribution >= 0.6 is 11.6 Å². The van der Waals surface area contributed by atoms with Gasteiger partial charge in [0.2, 0.25) is 11.8 Å². The Kier molecular flexibility index (Phi) is 9.08. The SMILES string of the molecule is CC(C)C(NC(=O)c1ccc([N+](=O)[O-])cc1Cl)C(=O)NCCC(=O)NCc1ccncc1. The third-order valence-electron chi connectivity index (χ3n) is 4.53. The van der Waals surface area contributed by atoms with Gasteiger partial charge in [0.25, 0.3) is 11.6 Å². The van der Waals surface area contributed by atoms with Gasteiger partial charge < -0.3 is 16.0 Å². The zero-order chi connectivity index (χ0) is 23.7. The Morgan fingerprint density at radius 3 is 2.41 bits per heavy atom. The third-order valence-corrected chi connectivity index (χ3v) is 4.85. The lowest BCUT2D eigenvalue weighted by molar-refractivity contribution is -0.384. The van der Waals surface area contributed by atoms with Gasteiger partial charge in [-0.15, -0.1) is 0 Å². The molecule has 3 N–H and O–H groups in total. The highest BCUT2D eigenvalue weighted by Crippen LogP contribution is 2.22. The van der Waals surface area contributed by atoms with Crippen LogP contribution in [0.3, 0.4) is 0 Å². The molecular formula is C21H24ClN5O5. The molecule has 0 fully saturated rings. The molecule has 0 spiro atoms. The van der Waals surface area contributed by atoms with E-state index in [1.165, 1.54) is 6.07 Å². The standard InChI is InChI=1S/C21H24ClN5O5/c1-13(2)19(26-20(29)16-4-3-15(27(31)32)11-17(16)22)21(30)24-10-7-18(28)25-12-14-5-8-23-9-6-14/h3-6,8-9,11,13,19H,7,10,12H2,1-2H3,(H,24,30)(H,25,28)(H,26,29). The summed E-state index contributed by atoms with van der Waals surface area (Å²) in [5.74, 6) is -1.57. The average molecular weight is 462 g/mol. The molecule has 0 aliphatic carbocycles.